The van der Waals surface area contributed by atoms with Crippen molar-refractivity contribution in [3.8, 4) is 22.5 Å². The predicted molar refractivity (Wildman–Crippen MR) is 121 cm³/mol. The topological polar surface area (TPSA) is 85.7 Å². The Hall–Kier alpha value is -2.25. The van der Waals surface area contributed by atoms with E-state index in [9.17, 15) is 0 Å². The molecule has 0 amide bonds. The number of benzene rings is 1. The SMILES string of the molecule is [AsH2]c1ncnc2nc(-c3nccnc3C3COCCN3)cc(-c3cccc(Br)c3)c12. The van der Waals surface area contributed by atoms with Crippen molar-refractivity contribution in [1.29, 1.82) is 0 Å². The summed E-state index contributed by atoms with van der Waals surface area (Å²) < 4.78 is 7.60. The van der Waals surface area contributed by atoms with Crippen LogP contribution in [0.3, 0.4) is 0 Å². The number of ether oxygens (including phenoxy) is 1. The van der Waals surface area contributed by atoms with Crippen LogP contribution in [0.25, 0.3) is 33.5 Å². The number of nitrogens with one attached hydrogen (secondary N) is 1. The molecule has 0 spiro atoms. The monoisotopic (exact) mass is 524 g/mol. The first-order chi connectivity index (χ1) is 14.7. The van der Waals surface area contributed by atoms with E-state index in [1.807, 2.05) is 12.1 Å². The molecule has 30 heavy (non-hydrogen) atoms. The van der Waals surface area contributed by atoms with Crippen molar-refractivity contribution in [3.05, 3.63) is 59.2 Å². The number of hydrogen-bond donors (Lipinski definition) is 1. The van der Waals surface area contributed by atoms with Crippen molar-refractivity contribution in [1.82, 2.24) is 30.2 Å². The molecule has 0 aliphatic carbocycles. The molecule has 0 saturated carbocycles. The molecular formula is C21H18AsBrN6O. The van der Waals surface area contributed by atoms with Gasteiger partial charge in [0.2, 0.25) is 0 Å². The Morgan fingerprint density at radius 1 is 1.10 bits per heavy atom. The Morgan fingerprint density at radius 2 is 2.00 bits per heavy atom. The van der Waals surface area contributed by atoms with Crippen molar-refractivity contribution in [2.45, 2.75) is 6.04 Å². The first-order valence-corrected chi connectivity index (χ1v) is 11.5. The van der Waals surface area contributed by atoms with Crippen LogP contribution in [0.5, 0.6) is 0 Å². The molecule has 150 valence electrons. The molecule has 4 aromatic rings. The van der Waals surface area contributed by atoms with Gasteiger partial charge < -0.3 is 0 Å². The van der Waals surface area contributed by atoms with Gasteiger partial charge in [-0.1, -0.05) is 0 Å². The van der Waals surface area contributed by atoms with Crippen LogP contribution in [0.4, 0.5) is 0 Å². The van der Waals surface area contributed by atoms with Crippen LogP contribution in [0.2, 0.25) is 0 Å². The molecule has 0 bridgehead atoms. The molecule has 5 rings (SSSR count). The summed E-state index contributed by atoms with van der Waals surface area (Å²) in [5.74, 6) is 0. The minimum atomic E-state index is -0.0234. The average Bonchev–Trinajstić information content (AvgIpc) is 2.79. The van der Waals surface area contributed by atoms with E-state index < -0.39 is 0 Å². The first kappa shape index (κ1) is 19.7. The van der Waals surface area contributed by atoms with E-state index in [0.717, 1.165) is 49.1 Å². The zero-order chi connectivity index (χ0) is 20.5. The average molecular weight is 525 g/mol. The molecule has 1 aliphatic rings. The summed E-state index contributed by atoms with van der Waals surface area (Å²) in [6, 6.07) is 10.2. The standard InChI is InChI=1S/C21H18AsBrN6O/c22-20-17-14(12-2-1-3-13(23)8-12)9-15(29-21(17)28-11-27-20)18-19(26-5-4-25-18)16-10-30-7-6-24-16/h1-5,8-9,11,16,24H,6-7,10,22H2. The fourth-order valence-corrected chi connectivity index (χ4v) is 4.77. The van der Waals surface area contributed by atoms with Crippen LogP contribution in [0.15, 0.2) is 53.5 Å². The molecule has 4 heterocycles. The molecule has 1 aliphatic heterocycles. The van der Waals surface area contributed by atoms with E-state index in [-0.39, 0.29) is 6.04 Å². The summed E-state index contributed by atoms with van der Waals surface area (Å²) in [4.78, 5) is 23.0. The molecule has 3 aromatic heterocycles. The van der Waals surface area contributed by atoms with Crippen LogP contribution < -0.4 is 9.80 Å². The first-order valence-electron chi connectivity index (χ1n) is 9.50. The molecule has 1 N–H and O–H groups in total. The third-order valence-corrected chi connectivity index (χ3v) is 6.40. The number of morpholine rings is 1. The van der Waals surface area contributed by atoms with Crippen molar-refractivity contribution < 1.29 is 4.74 Å². The zero-order valence-corrected chi connectivity index (χ0v) is 19.9. The van der Waals surface area contributed by atoms with Crippen LogP contribution in [0, 0.1) is 0 Å². The van der Waals surface area contributed by atoms with Gasteiger partial charge in [0.05, 0.1) is 0 Å². The third-order valence-electron chi connectivity index (χ3n) is 4.99. The van der Waals surface area contributed by atoms with Gasteiger partial charge in [-0.15, -0.1) is 0 Å². The summed E-state index contributed by atoms with van der Waals surface area (Å²) in [6.07, 6.45) is 4.97. The number of fused-ring (bicyclic) bond motifs is 1. The van der Waals surface area contributed by atoms with Gasteiger partial charge in [0.15, 0.2) is 0 Å². The Bertz CT molecular complexity index is 1230. The predicted octanol–water partition coefficient (Wildman–Crippen LogP) is 1.83. The van der Waals surface area contributed by atoms with Gasteiger partial charge in [0.1, 0.15) is 0 Å². The third kappa shape index (κ3) is 3.76. The Kier molecular flexibility index (Phi) is 5.56. The minimum absolute atomic E-state index is 0.0234. The van der Waals surface area contributed by atoms with E-state index in [0.29, 0.717) is 18.9 Å². The summed E-state index contributed by atoms with van der Waals surface area (Å²) in [5.41, 5.74) is 5.05. The second-order valence-electron chi connectivity index (χ2n) is 6.89. The molecule has 9 heteroatoms. The summed E-state index contributed by atoms with van der Waals surface area (Å²) >= 11 is 5.03. The quantitative estimate of drug-likeness (QED) is 0.409. The summed E-state index contributed by atoms with van der Waals surface area (Å²) in [7, 11) is 0. The maximum absolute atomic E-state index is 5.65. The van der Waals surface area contributed by atoms with Crippen molar-refractivity contribution in [2.75, 3.05) is 19.8 Å². The number of nitrogens with zero attached hydrogens (tertiary/aromatic N) is 5. The Balaban J connectivity index is 1.74. The normalized spacial score (nSPS) is 16.7. The summed E-state index contributed by atoms with van der Waals surface area (Å²) in [6.45, 7) is 2.04. The number of halogens is 1. The molecular weight excluding hydrogens is 507 g/mol. The van der Waals surface area contributed by atoms with Gasteiger partial charge >= 0.3 is 191 Å². The summed E-state index contributed by atoms with van der Waals surface area (Å²) in [5, 5.41) is 4.42. The van der Waals surface area contributed by atoms with E-state index in [2.05, 4.69) is 59.4 Å². The second-order valence-corrected chi connectivity index (χ2v) is 8.96. The van der Waals surface area contributed by atoms with Gasteiger partial charge in [-0.25, -0.2) is 0 Å². The van der Waals surface area contributed by atoms with Gasteiger partial charge in [0.25, 0.3) is 0 Å². The van der Waals surface area contributed by atoms with Crippen LogP contribution in [-0.2, 0) is 4.74 Å². The van der Waals surface area contributed by atoms with Gasteiger partial charge in [-0.05, 0) is 0 Å². The molecule has 0 radical (unpaired) electrons. The number of rotatable bonds is 3. The second kappa shape index (κ2) is 8.47. The van der Waals surface area contributed by atoms with Gasteiger partial charge in [0, 0.05) is 0 Å². The Morgan fingerprint density at radius 3 is 2.83 bits per heavy atom. The maximum atomic E-state index is 5.65. The fraction of sp³-hybridized carbons (Fsp3) is 0.190. The number of hydrogen-bond acceptors (Lipinski definition) is 7. The van der Waals surface area contributed by atoms with Crippen LogP contribution in [0.1, 0.15) is 11.7 Å². The molecule has 2 atom stereocenters. The van der Waals surface area contributed by atoms with Gasteiger partial charge in [-0.2, -0.15) is 0 Å². The number of pyridine rings is 1. The molecule has 2 unspecified atom stereocenters. The molecule has 1 saturated heterocycles. The zero-order valence-electron chi connectivity index (χ0n) is 15.9. The molecule has 1 aromatic carbocycles. The van der Waals surface area contributed by atoms with Crippen molar-refractivity contribution >= 4 is 48.3 Å². The molecule has 7 nitrogen and oxygen atoms in total. The van der Waals surface area contributed by atoms with E-state index in [4.69, 9.17) is 9.72 Å². The number of aromatic nitrogens is 5. The van der Waals surface area contributed by atoms with Crippen LogP contribution >= 0.6 is 15.9 Å². The van der Waals surface area contributed by atoms with E-state index >= 15 is 0 Å². The van der Waals surface area contributed by atoms with E-state index in [1.165, 1.54) is 16.9 Å². The van der Waals surface area contributed by atoms with E-state index in [1.54, 1.807) is 18.7 Å². The Labute approximate surface area is 190 Å². The fourth-order valence-electron chi connectivity index (χ4n) is 3.64. The molecule has 1 fully saturated rings. The van der Waals surface area contributed by atoms with Crippen molar-refractivity contribution in [3.63, 3.8) is 0 Å². The van der Waals surface area contributed by atoms with Gasteiger partial charge in [-0.3, -0.25) is 0 Å². The van der Waals surface area contributed by atoms with Crippen molar-refractivity contribution in [2.24, 2.45) is 0 Å². The van der Waals surface area contributed by atoms with Crippen LogP contribution in [-0.4, -0.2) is 61.5 Å².